The van der Waals surface area contributed by atoms with Gasteiger partial charge in [-0.15, -0.1) is 11.8 Å². The van der Waals surface area contributed by atoms with Crippen molar-refractivity contribution in [2.24, 2.45) is 0 Å². The van der Waals surface area contributed by atoms with E-state index in [2.05, 4.69) is 5.32 Å². The van der Waals surface area contributed by atoms with Gasteiger partial charge in [0.15, 0.2) is 0 Å². The molecule has 3 nitrogen and oxygen atoms in total. The molecule has 0 spiro atoms. The van der Waals surface area contributed by atoms with E-state index >= 15 is 0 Å². The van der Waals surface area contributed by atoms with E-state index in [0.717, 1.165) is 42.3 Å². The molecule has 1 heterocycles. The third kappa shape index (κ3) is 2.90. The van der Waals surface area contributed by atoms with E-state index in [-0.39, 0.29) is 0 Å². The second-order valence-electron chi connectivity index (χ2n) is 4.30. The van der Waals surface area contributed by atoms with Crippen LogP contribution in [0.4, 0.5) is 5.69 Å². The van der Waals surface area contributed by atoms with Crippen LogP contribution in [0.1, 0.15) is 12.8 Å². The van der Waals surface area contributed by atoms with E-state index in [9.17, 15) is 5.11 Å². The zero-order valence-corrected chi connectivity index (χ0v) is 10.1. The van der Waals surface area contributed by atoms with Crippen LogP contribution in [0.5, 0.6) is 0 Å². The van der Waals surface area contributed by atoms with Crippen molar-refractivity contribution in [3.63, 3.8) is 0 Å². The highest BCUT2D eigenvalue weighted by molar-refractivity contribution is 7.99. The van der Waals surface area contributed by atoms with Crippen molar-refractivity contribution in [2.45, 2.75) is 23.3 Å². The number of nitrogens with one attached hydrogen (secondary N) is 1. The molecule has 1 aliphatic heterocycles. The maximum atomic E-state index is 10.3. The van der Waals surface area contributed by atoms with Gasteiger partial charge in [-0.3, -0.25) is 0 Å². The Labute approximate surface area is 100 Å². The number of thioether (sulfide) groups is 1. The smallest absolute Gasteiger partial charge is 0.0765 e. The Balaban J connectivity index is 1.94. The first-order valence-corrected chi connectivity index (χ1v) is 6.59. The van der Waals surface area contributed by atoms with Crippen LogP contribution in [0.3, 0.4) is 0 Å². The Morgan fingerprint density at radius 1 is 1.31 bits per heavy atom. The molecule has 88 valence electrons. The first kappa shape index (κ1) is 11.8. The minimum atomic E-state index is -0.530. The van der Waals surface area contributed by atoms with Gasteiger partial charge in [0.05, 0.1) is 5.60 Å². The molecule has 1 fully saturated rings. The summed E-state index contributed by atoms with van der Waals surface area (Å²) in [5, 5.41) is 13.6. The van der Waals surface area contributed by atoms with Crippen molar-refractivity contribution < 1.29 is 5.11 Å². The number of piperidine rings is 1. The summed E-state index contributed by atoms with van der Waals surface area (Å²) >= 11 is 1.65. The largest absolute Gasteiger partial charge is 0.398 e. The lowest BCUT2D eigenvalue weighted by atomic mass is 9.95. The van der Waals surface area contributed by atoms with Gasteiger partial charge in [0.1, 0.15) is 0 Å². The lowest BCUT2D eigenvalue weighted by Gasteiger charge is -2.32. The number of benzene rings is 1. The SMILES string of the molecule is Nc1ccccc1SCC1(O)CCNCC1. The van der Waals surface area contributed by atoms with E-state index in [1.165, 1.54) is 0 Å². The number of rotatable bonds is 3. The van der Waals surface area contributed by atoms with Gasteiger partial charge in [-0.05, 0) is 38.1 Å². The van der Waals surface area contributed by atoms with E-state index < -0.39 is 5.60 Å². The van der Waals surface area contributed by atoms with Crippen LogP contribution in [0.25, 0.3) is 0 Å². The van der Waals surface area contributed by atoms with E-state index in [0.29, 0.717) is 0 Å². The lowest BCUT2D eigenvalue weighted by Crippen LogP contribution is -2.43. The van der Waals surface area contributed by atoms with Crippen molar-refractivity contribution >= 4 is 17.4 Å². The van der Waals surface area contributed by atoms with Gasteiger partial charge in [-0.25, -0.2) is 0 Å². The molecule has 0 saturated carbocycles. The number of aliphatic hydroxyl groups is 1. The van der Waals surface area contributed by atoms with E-state index in [1.54, 1.807) is 11.8 Å². The van der Waals surface area contributed by atoms with Crippen LogP contribution >= 0.6 is 11.8 Å². The molecule has 2 rings (SSSR count). The van der Waals surface area contributed by atoms with Crippen molar-refractivity contribution in [3.8, 4) is 0 Å². The van der Waals surface area contributed by atoms with Gasteiger partial charge >= 0.3 is 0 Å². The van der Waals surface area contributed by atoms with Gasteiger partial charge in [-0.2, -0.15) is 0 Å². The lowest BCUT2D eigenvalue weighted by molar-refractivity contribution is 0.0339. The van der Waals surface area contributed by atoms with Gasteiger partial charge in [0.2, 0.25) is 0 Å². The molecule has 1 aliphatic rings. The quantitative estimate of drug-likeness (QED) is 0.551. The molecule has 16 heavy (non-hydrogen) atoms. The average molecular weight is 238 g/mol. The van der Waals surface area contributed by atoms with Crippen LogP contribution < -0.4 is 11.1 Å². The van der Waals surface area contributed by atoms with Crippen molar-refractivity contribution in [2.75, 3.05) is 24.6 Å². The van der Waals surface area contributed by atoms with Crippen LogP contribution in [0.2, 0.25) is 0 Å². The highest BCUT2D eigenvalue weighted by Gasteiger charge is 2.29. The van der Waals surface area contributed by atoms with Crippen LogP contribution in [0, 0.1) is 0 Å². The monoisotopic (exact) mass is 238 g/mol. The fourth-order valence-corrected chi connectivity index (χ4v) is 2.98. The van der Waals surface area contributed by atoms with Gasteiger partial charge < -0.3 is 16.2 Å². The summed E-state index contributed by atoms with van der Waals surface area (Å²) in [4.78, 5) is 1.06. The van der Waals surface area contributed by atoms with Crippen molar-refractivity contribution in [1.82, 2.24) is 5.32 Å². The first-order valence-electron chi connectivity index (χ1n) is 5.60. The Morgan fingerprint density at radius 3 is 2.69 bits per heavy atom. The summed E-state index contributed by atoms with van der Waals surface area (Å²) in [7, 11) is 0. The van der Waals surface area contributed by atoms with Crippen LogP contribution in [-0.2, 0) is 0 Å². The zero-order valence-electron chi connectivity index (χ0n) is 9.28. The number of hydrogen-bond acceptors (Lipinski definition) is 4. The molecule has 1 aromatic rings. The molecule has 1 saturated heterocycles. The fraction of sp³-hybridized carbons (Fsp3) is 0.500. The van der Waals surface area contributed by atoms with Crippen LogP contribution in [-0.4, -0.2) is 29.5 Å². The summed E-state index contributed by atoms with van der Waals surface area (Å²) in [5.74, 6) is 0.725. The summed E-state index contributed by atoms with van der Waals surface area (Å²) in [5.41, 5.74) is 6.13. The molecule has 1 aromatic carbocycles. The zero-order chi connectivity index (χ0) is 11.4. The molecule has 0 aromatic heterocycles. The first-order chi connectivity index (χ1) is 7.70. The molecule has 4 N–H and O–H groups in total. The number of nitrogens with two attached hydrogens (primary N) is 1. The molecule has 0 unspecified atom stereocenters. The second-order valence-corrected chi connectivity index (χ2v) is 5.32. The summed E-state index contributed by atoms with van der Waals surface area (Å²) in [6.07, 6.45) is 1.65. The molecule has 0 aliphatic carbocycles. The maximum absolute atomic E-state index is 10.3. The Hall–Kier alpha value is -0.710. The van der Waals surface area contributed by atoms with E-state index in [1.807, 2.05) is 24.3 Å². The summed E-state index contributed by atoms with van der Waals surface area (Å²) in [6.45, 7) is 1.81. The van der Waals surface area contributed by atoms with Gasteiger partial charge in [-0.1, -0.05) is 12.1 Å². The molecular weight excluding hydrogens is 220 g/mol. The molecular formula is C12H18N2OS. The highest BCUT2D eigenvalue weighted by atomic mass is 32.2. The fourth-order valence-electron chi connectivity index (χ4n) is 1.86. The Bertz CT molecular complexity index is 351. The minimum absolute atomic E-state index is 0.530. The topological polar surface area (TPSA) is 58.3 Å². The average Bonchev–Trinajstić information content (AvgIpc) is 2.29. The molecule has 0 radical (unpaired) electrons. The third-order valence-corrected chi connectivity index (χ3v) is 4.31. The number of nitrogen functional groups attached to an aromatic ring is 1. The van der Waals surface area contributed by atoms with Gasteiger partial charge in [0.25, 0.3) is 0 Å². The predicted molar refractivity (Wildman–Crippen MR) is 68.6 cm³/mol. The highest BCUT2D eigenvalue weighted by Crippen LogP contribution is 2.30. The predicted octanol–water partition coefficient (Wildman–Crippen LogP) is 1.48. The summed E-state index contributed by atoms with van der Waals surface area (Å²) in [6, 6.07) is 7.81. The number of hydrogen-bond donors (Lipinski definition) is 3. The number of anilines is 1. The molecule has 0 atom stereocenters. The molecule has 4 heteroatoms. The summed E-state index contributed by atoms with van der Waals surface area (Å²) < 4.78 is 0. The van der Waals surface area contributed by atoms with Crippen molar-refractivity contribution in [1.29, 1.82) is 0 Å². The van der Waals surface area contributed by atoms with Gasteiger partial charge in [0, 0.05) is 16.3 Å². The third-order valence-electron chi connectivity index (χ3n) is 2.95. The normalized spacial score (nSPS) is 19.6. The minimum Gasteiger partial charge on any atom is -0.398 e. The number of para-hydroxylation sites is 1. The van der Waals surface area contributed by atoms with Crippen LogP contribution in [0.15, 0.2) is 29.2 Å². The second kappa shape index (κ2) is 5.08. The Morgan fingerprint density at radius 2 is 2.00 bits per heavy atom. The molecule has 0 amide bonds. The standard InChI is InChI=1S/C12H18N2OS/c13-10-3-1-2-4-11(10)16-9-12(15)5-7-14-8-6-12/h1-4,14-15H,5-9,13H2. The maximum Gasteiger partial charge on any atom is 0.0765 e. The van der Waals surface area contributed by atoms with E-state index in [4.69, 9.17) is 5.73 Å². The Kier molecular flexibility index (Phi) is 3.74. The van der Waals surface area contributed by atoms with Crippen molar-refractivity contribution in [3.05, 3.63) is 24.3 Å². The molecule has 0 bridgehead atoms.